The molecule has 1 aromatic carbocycles. The number of nitrogens with one attached hydrogen (secondary N) is 3. The highest BCUT2D eigenvalue weighted by molar-refractivity contribution is 5.80. The quantitative estimate of drug-likeness (QED) is 0.657. The van der Waals surface area contributed by atoms with Crippen LogP contribution in [0.15, 0.2) is 23.2 Å². The van der Waals surface area contributed by atoms with Gasteiger partial charge in [0.15, 0.2) is 5.96 Å². The van der Waals surface area contributed by atoms with Crippen LogP contribution in [0.5, 0.6) is 11.5 Å². The van der Waals surface area contributed by atoms with E-state index in [2.05, 4.69) is 27.0 Å². The lowest BCUT2D eigenvalue weighted by molar-refractivity contribution is 0.170. The third-order valence-electron chi connectivity index (χ3n) is 4.40. The predicted molar refractivity (Wildman–Crippen MR) is 96.1 cm³/mol. The molecule has 0 spiro atoms. The van der Waals surface area contributed by atoms with Crippen molar-refractivity contribution >= 4 is 5.96 Å². The number of fused-ring (bicyclic) bond motifs is 1. The second kappa shape index (κ2) is 8.78. The molecular formula is C18H28N4O2. The zero-order valence-electron chi connectivity index (χ0n) is 14.4. The lowest BCUT2D eigenvalue weighted by atomic mass is 10.0. The summed E-state index contributed by atoms with van der Waals surface area (Å²) in [6.07, 6.45) is 4.56. The highest BCUT2D eigenvalue weighted by Gasteiger charge is 2.19. The summed E-state index contributed by atoms with van der Waals surface area (Å²) in [7, 11) is 1.69. The minimum atomic E-state index is 0.238. The van der Waals surface area contributed by atoms with Gasteiger partial charge in [0.1, 0.15) is 17.6 Å². The number of ether oxygens (including phenoxy) is 2. The number of methoxy groups -OCH3 is 1. The zero-order chi connectivity index (χ0) is 16.6. The van der Waals surface area contributed by atoms with Gasteiger partial charge in [-0.15, -0.1) is 0 Å². The number of benzene rings is 1. The Morgan fingerprint density at radius 3 is 3.17 bits per heavy atom. The van der Waals surface area contributed by atoms with Crippen molar-refractivity contribution in [1.82, 2.24) is 16.0 Å². The first-order valence-electron chi connectivity index (χ1n) is 8.91. The largest absolute Gasteiger partial charge is 0.497 e. The van der Waals surface area contributed by atoms with Crippen LogP contribution in [-0.4, -0.2) is 51.9 Å². The summed E-state index contributed by atoms with van der Waals surface area (Å²) in [5, 5.41) is 10.1. The highest BCUT2D eigenvalue weighted by atomic mass is 16.5. The normalized spacial score (nSPS) is 19.5. The molecule has 3 rings (SSSR count). The SMILES string of the molecule is COc1ccc2c(c1)OC(CNCCCNC1=NCCCN1)CC2. The van der Waals surface area contributed by atoms with Crippen LogP contribution in [-0.2, 0) is 6.42 Å². The van der Waals surface area contributed by atoms with Gasteiger partial charge in [0.2, 0.25) is 0 Å². The van der Waals surface area contributed by atoms with E-state index in [4.69, 9.17) is 9.47 Å². The Morgan fingerprint density at radius 1 is 1.38 bits per heavy atom. The van der Waals surface area contributed by atoms with Crippen molar-refractivity contribution in [3.05, 3.63) is 23.8 Å². The molecule has 2 heterocycles. The van der Waals surface area contributed by atoms with E-state index in [1.54, 1.807) is 7.11 Å². The molecule has 0 saturated heterocycles. The van der Waals surface area contributed by atoms with Crippen molar-refractivity contribution in [2.45, 2.75) is 31.8 Å². The van der Waals surface area contributed by atoms with Crippen LogP contribution in [0.1, 0.15) is 24.8 Å². The van der Waals surface area contributed by atoms with Gasteiger partial charge in [-0.05, 0) is 43.9 Å². The van der Waals surface area contributed by atoms with E-state index in [-0.39, 0.29) is 6.10 Å². The standard InChI is InChI=1S/C18H28N4O2/c1-23-15-6-4-14-5-7-16(24-17(14)12-15)13-19-8-2-9-20-18-21-10-3-11-22-18/h4,6,12,16,19H,2-3,5,7-11,13H2,1H3,(H2,20,21,22). The number of guanidine groups is 1. The molecule has 1 atom stereocenters. The van der Waals surface area contributed by atoms with Crippen LogP contribution in [0.4, 0.5) is 0 Å². The smallest absolute Gasteiger partial charge is 0.191 e. The maximum absolute atomic E-state index is 6.09. The van der Waals surface area contributed by atoms with E-state index >= 15 is 0 Å². The summed E-state index contributed by atoms with van der Waals surface area (Å²) < 4.78 is 11.4. The van der Waals surface area contributed by atoms with Crippen molar-refractivity contribution < 1.29 is 9.47 Å². The molecule has 2 aliphatic rings. The van der Waals surface area contributed by atoms with Crippen LogP contribution in [0.2, 0.25) is 0 Å². The first-order chi connectivity index (χ1) is 11.8. The molecule has 2 aliphatic heterocycles. The average Bonchev–Trinajstić information content (AvgIpc) is 2.64. The Morgan fingerprint density at radius 2 is 2.33 bits per heavy atom. The van der Waals surface area contributed by atoms with Crippen LogP contribution in [0, 0.1) is 0 Å². The van der Waals surface area contributed by atoms with E-state index in [0.717, 1.165) is 75.9 Å². The number of aryl methyl sites for hydroxylation is 1. The van der Waals surface area contributed by atoms with Crippen LogP contribution in [0.3, 0.4) is 0 Å². The lowest BCUT2D eigenvalue weighted by Gasteiger charge is -2.26. The predicted octanol–water partition coefficient (Wildman–Crippen LogP) is 1.31. The van der Waals surface area contributed by atoms with Crippen molar-refractivity contribution in [2.75, 3.05) is 39.8 Å². The van der Waals surface area contributed by atoms with E-state index in [1.165, 1.54) is 5.56 Å². The molecule has 6 heteroatoms. The molecule has 0 saturated carbocycles. The fourth-order valence-electron chi connectivity index (χ4n) is 3.01. The highest BCUT2D eigenvalue weighted by Crippen LogP contribution is 2.31. The minimum absolute atomic E-state index is 0.238. The molecule has 3 N–H and O–H groups in total. The van der Waals surface area contributed by atoms with Gasteiger partial charge in [-0.2, -0.15) is 0 Å². The van der Waals surface area contributed by atoms with E-state index in [0.29, 0.717) is 0 Å². The van der Waals surface area contributed by atoms with Gasteiger partial charge in [-0.1, -0.05) is 6.07 Å². The van der Waals surface area contributed by atoms with E-state index in [1.807, 2.05) is 12.1 Å². The molecule has 0 fully saturated rings. The van der Waals surface area contributed by atoms with E-state index < -0.39 is 0 Å². The maximum Gasteiger partial charge on any atom is 0.191 e. The zero-order valence-corrected chi connectivity index (χ0v) is 14.4. The number of aliphatic imine (C=N–C) groups is 1. The van der Waals surface area contributed by atoms with Gasteiger partial charge in [0, 0.05) is 32.2 Å². The van der Waals surface area contributed by atoms with Crippen molar-refractivity contribution in [1.29, 1.82) is 0 Å². The van der Waals surface area contributed by atoms with Gasteiger partial charge >= 0.3 is 0 Å². The van der Waals surface area contributed by atoms with Crippen LogP contribution < -0.4 is 25.4 Å². The first kappa shape index (κ1) is 16.9. The first-order valence-corrected chi connectivity index (χ1v) is 8.91. The number of nitrogens with zero attached hydrogens (tertiary/aromatic N) is 1. The van der Waals surface area contributed by atoms with Crippen LogP contribution >= 0.6 is 0 Å². The fourth-order valence-corrected chi connectivity index (χ4v) is 3.01. The summed E-state index contributed by atoms with van der Waals surface area (Å²) in [5.74, 6) is 2.77. The Kier molecular flexibility index (Phi) is 6.18. The molecule has 0 aromatic heterocycles. The summed E-state index contributed by atoms with van der Waals surface area (Å²) >= 11 is 0. The molecule has 0 amide bonds. The summed E-state index contributed by atoms with van der Waals surface area (Å²) in [5.41, 5.74) is 1.28. The fraction of sp³-hybridized carbons (Fsp3) is 0.611. The van der Waals surface area contributed by atoms with E-state index in [9.17, 15) is 0 Å². The Balaban J connectivity index is 1.32. The van der Waals surface area contributed by atoms with Gasteiger partial charge < -0.3 is 25.4 Å². The molecule has 0 aliphatic carbocycles. The van der Waals surface area contributed by atoms with Crippen LogP contribution in [0.25, 0.3) is 0 Å². The molecule has 0 bridgehead atoms. The number of hydrogen-bond donors (Lipinski definition) is 3. The average molecular weight is 332 g/mol. The Labute approximate surface area is 144 Å². The molecule has 6 nitrogen and oxygen atoms in total. The molecule has 1 unspecified atom stereocenters. The lowest BCUT2D eigenvalue weighted by Crippen LogP contribution is -2.42. The Bertz CT molecular complexity index is 562. The van der Waals surface area contributed by atoms with Gasteiger partial charge in [-0.3, -0.25) is 4.99 Å². The van der Waals surface area contributed by atoms with Gasteiger partial charge in [0.25, 0.3) is 0 Å². The summed E-state index contributed by atoms with van der Waals surface area (Å²) in [6.45, 7) is 4.75. The molecule has 0 radical (unpaired) electrons. The monoisotopic (exact) mass is 332 g/mol. The summed E-state index contributed by atoms with van der Waals surface area (Å²) in [6, 6.07) is 6.09. The van der Waals surface area contributed by atoms with Crippen molar-refractivity contribution in [3.8, 4) is 11.5 Å². The number of rotatable bonds is 7. The molecule has 132 valence electrons. The maximum atomic E-state index is 6.09. The Hall–Kier alpha value is -1.95. The third kappa shape index (κ3) is 4.77. The molecular weight excluding hydrogens is 304 g/mol. The minimum Gasteiger partial charge on any atom is -0.497 e. The second-order valence-electron chi connectivity index (χ2n) is 6.25. The molecule has 24 heavy (non-hydrogen) atoms. The third-order valence-corrected chi connectivity index (χ3v) is 4.40. The molecule has 1 aromatic rings. The van der Waals surface area contributed by atoms with Crippen molar-refractivity contribution in [3.63, 3.8) is 0 Å². The second-order valence-corrected chi connectivity index (χ2v) is 6.25. The van der Waals surface area contributed by atoms with Crippen molar-refractivity contribution in [2.24, 2.45) is 4.99 Å². The van der Waals surface area contributed by atoms with Gasteiger partial charge in [-0.25, -0.2) is 0 Å². The summed E-state index contributed by atoms with van der Waals surface area (Å²) in [4.78, 5) is 4.40. The van der Waals surface area contributed by atoms with Gasteiger partial charge in [0.05, 0.1) is 7.11 Å². The number of hydrogen-bond acceptors (Lipinski definition) is 6. The topological polar surface area (TPSA) is 66.9 Å².